The zero-order valence-electron chi connectivity index (χ0n) is 8.47. The molecule has 1 unspecified atom stereocenters. The van der Waals surface area contributed by atoms with Crippen molar-refractivity contribution in [2.45, 2.75) is 12.0 Å². The molecule has 1 rings (SSSR count). The first-order valence-corrected chi connectivity index (χ1v) is 4.51. The van der Waals surface area contributed by atoms with E-state index < -0.39 is 11.5 Å². The highest BCUT2D eigenvalue weighted by Crippen LogP contribution is 2.22. The summed E-state index contributed by atoms with van der Waals surface area (Å²) in [5.74, 6) is -0.610. The fourth-order valence-corrected chi connectivity index (χ4v) is 1.37. The minimum atomic E-state index is -1.38. The van der Waals surface area contributed by atoms with Crippen LogP contribution in [0.3, 0.4) is 0 Å². The molecule has 1 atom stereocenters. The van der Waals surface area contributed by atoms with Crippen molar-refractivity contribution in [3.63, 3.8) is 0 Å². The van der Waals surface area contributed by atoms with Crippen molar-refractivity contribution in [2.75, 3.05) is 7.11 Å². The van der Waals surface area contributed by atoms with Gasteiger partial charge in [-0.25, -0.2) is 4.79 Å². The normalized spacial score (nSPS) is 14.0. The van der Waals surface area contributed by atoms with E-state index in [-0.39, 0.29) is 6.42 Å². The Morgan fingerprint density at radius 1 is 1.47 bits per heavy atom. The SMILES string of the molecule is COC(=O)C(N)(CC=O)c1ccccc1. The smallest absolute Gasteiger partial charge is 0.330 e. The average Bonchev–Trinajstić information content (AvgIpc) is 2.29. The molecule has 15 heavy (non-hydrogen) atoms. The van der Waals surface area contributed by atoms with Crippen LogP contribution < -0.4 is 5.73 Å². The third-order valence-corrected chi connectivity index (χ3v) is 2.24. The zero-order valence-corrected chi connectivity index (χ0v) is 8.47. The number of rotatable bonds is 4. The highest BCUT2D eigenvalue weighted by atomic mass is 16.5. The highest BCUT2D eigenvalue weighted by molar-refractivity contribution is 5.85. The molecule has 0 aliphatic heterocycles. The van der Waals surface area contributed by atoms with Crippen LogP contribution in [0.25, 0.3) is 0 Å². The maximum atomic E-state index is 11.5. The predicted octanol–water partition coefficient (Wildman–Crippen LogP) is 0.603. The topological polar surface area (TPSA) is 69.4 Å². The second-order valence-corrected chi connectivity index (χ2v) is 3.20. The van der Waals surface area contributed by atoms with Crippen LogP contribution in [-0.4, -0.2) is 19.4 Å². The summed E-state index contributed by atoms with van der Waals surface area (Å²) >= 11 is 0. The molecule has 0 saturated heterocycles. The average molecular weight is 207 g/mol. The number of benzene rings is 1. The van der Waals surface area contributed by atoms with Gasteiger partial charge in [-0.15, -0.1) is 0 Å². The third kappa shape index (κ3) is 2.22. The summed E-state index contributed by atoms with van der Waals surface area (Å²) < 4.78 is 4.60. The van der Waals surface area contributed by atoms with Crippen LogP contribution in [0.2, 0.25) is 0 Å². The van der Waals surface area contributed by atoms with Crippen LogP contribution in [0.15, 0.2) is 30.3 Å². The molecule has 0 aliphatic carbocycles. The van der Waals surface area contributed by atoms with Gasteiger partial charge in [-0.3, -0.25) is 0 Å². The van der Waals surface area contributed by atoms with Gasteiger partial charge in [0.15, 0.2) is 0 Å². The summed E-state index contributed by atoms with van der Waals surface area (Å²) in [6.45, 7) is 0. The van der Waals surface area contributed by atoms with Gasteiger partial charge in [-0.05, 0) is 5.56 Å². The monoisotopic (exact) mass is 207 g/mol. The summed E-state index contributed by atoms with van der Waals surface area (Å²) in [7, 11) is 1.25. The molecule has 0 aliphatic rings. The standard InChI is InChI=1S/C11H13NO3/c1-15-10(14)11(12,7-8-13)9-5-3-2-4-6-9/h2-6,8H,7,12H2,1H3. The van der Waals surface area contributed by atoms with Crippen molar-refractivity contribution in [2.24, 2.45) is 5.73 Å². The Kier molecular flexibility index (Phi) is 3.57. The van der Waals surface area contributed by atoms with Gasteiger partial charge in [0, 0.05) is 6.42 Å². The number of hydrogen-bond acceptors (Lipinski definition) is 4. The fourth-order valence-electron chi connectivity index (χ4n) is 1.37. The van der Waals surface area contributed by atoms with Gasteiger partial charge in [-0.2, -0.15) is 0 Å². The maximum Gasteiger partial charge on any atom is 0.330 e. The van der Waals surface area contributed by atoms with Crippen LogP contribution >= 0.6 is 0 Å². The number of esters is 1. The lowest BCUT2D eigenvalue weighted by atomic mass is 9.88. The van der Waals surface area contributed by atoms with E-state index in [2.05, 4.69) is 4.74 Å². The molecule has 0 heterocycles. The molecule has 1 aromatic carbocycles. The van der Waals surface area contributed by atoms with E-state index >= 15 is 0 Å². The molecule has 80 valence electrons. The number of nitrogens with two attached hydrogens (primary N) is 1. The quantitative estimate of drug-likeness (QED) is 0.580. The lowest BCUT2D eigenvalue weighted by molar-refractivity contribution is -0.148. The minimum Gasteiger partial charge on any atom is -0.467 e. The Labute approximate surface area is 88.0 Å². The van der Waals surface area contributed by atoms with Gasteiger partial charge >= 0.3 is 5.97 Å². The largest absolute Gasteiger partial charge is 0.467 e. The van der Waals surface area contributed by atoms with E-state index in [0.29, 0.717) is 11.8 Å². The number of hydrogen-bond donors (Lipinski definition) is 1. The molecule has 0 fully saturated rings. The first-order chi connectivity index (χ1) is 7.15. The van der Waals surface area contributed by atoms with Gasteiger partial charge in [-0.1, -0.05) is 30.3 Å². The summed E-state index contributed by atoms with van der Waals surface area (Å²) in [4.78, 5) is 22.0. The van der Waals surface area contributed by atoms with E-state index in [4.69, 9.17) is 5.73 Å². The van der Waals surface area contributed by atoms with E-state index in [1.807, 2.05) is 6.07 Å². The first-order valence-electron chi connectivity index (χ1n) is 4.51. The zero-order chi connectivity index (χ0) is 11.3. The van der Waals surface area contributed by atoms with Crippen LogP contribution in [-0.2, 0) is 19.9 Å². The molecule has 0 saturated carbocycles. The molecule has 2 N–H and O–H groups in total. The van der Waals surface area contributed by atoms with Gasteiger partial charge < -0.3 is 15.3 Å². The molecule has 0 amide bonds. The lowest BCUT2D eigenvalue weighted by Gasteiger charge is -2.24. The Morgan fingerprint density at radius 2 is 2.07 bits per heavy atom. The number of aldehydes is 1. The third-order valence-electron chi connectivity index (χ3n) is 2.24. The van der Waals surface area contributed by atoms with Crippen LogP contribution in [0, 0.1) is 0 Å². The minimum absolute atomic E-state index is 0.0936. The number of carbonyl (C=O) groups excluding carboxylic acids is 2. The first kappa shape index (κ1) is 11.4. The van der Waals surface area contributed by atoms with Gasteiger partial charge in [0.25, 0.3) is 0 Å². The van der Waals surface area contributed by atoms with Crippen molar-refractivity contribution in [1.82, 2.24) is 0 Å². The van der Waals surface area contributed by atoms with Crippen molar-refractivity contribution >= 4 is 12.3 Å². The Hall–Kier alpha value is -1.68. The summed E-state index contributed by atoms with van der Waals surface area (Å²) in [5.41, 5.74) is 5.07. The second-order valence-electron chi connectivity index (χ2n) is 3.20. The summed E-state index contributed by atoms with van der Waals surface area (Å²) in [6, 6.07) is 8.71. The van der Waals surface area contributed by atoms with Gasteiger partial charge in [0.05, 0.1) is 7.11 Å². The second kappa shape index (κ2) is 4.70. The van der Waals surface area contributed by atoms with Crippen molar-refractivity contribution < 1.29 is 14.3 Å². The summed E-state index contributed by atoms with van der Waals surface area (Å²) in [5, 5.41) is 0. The van der Waals surface area contributed by atoms with Gasteiger partial charge in [0.1, 0.15) is 11.8 Å². The van der Waals surface area contributed by atoms with E-state index in [1.54, 1.807) is 24.3 Å². The molecular weight excluding hydrogens is 194 g/mol. The molecule has 4 nitrogen and oxygen atoms in total. The molecule has 0 bridgehead atoms. The number of ether oxygens (including phenoxy) is 1. The Balaban J connectivity index is 3.12. The molecular formula is C11H13NO3. The predicted molar refractivity (Wildman–Crippen MR) is 55.0 cm³/mol. The van der Waals surface area contributed by atoms with Crippen molar-refractivity contribution in [3.8, 4) is 0 Å². The van der Waals surface area contributed by atoms with E-state index in [0.717, 1.165) is 0 Å². The lowest BCUT2D eigenvalue weighted by Crippen LogP contribution is -2.46. The number of carbonyl (C=O) groups is 2. The molecule has 0 aromatic heterocycles. The maximum absolute atomic E-state index is 11.5. The van der Waals surface area contributed by atoms with Crippen LogP contribution in [0.5, 0.6) is 0 Å². The van der Waals surface area contributed by atoms with Crippen LogP contribution in [0.1, 0.15) is 12.0 Å². The molecule has 4 heteroatoms. The van der Waals surface area contributed by atoms with E-state index in [1.165, 1.54) is 7.11 Å². The number of methoxy groups -OCH3 is 1. The van der Waals surface area contributed by atoms with Gasteiger partial charge in [0.2, 0.25) is 0 Å². The fraction of sp³-hybridized carbons (Fsp3) is 0.273. The molecule has 0 radical (unpaired) electrons. The molecule has 1 aromatic rings. The van der Waals surface area contributed by atoms with E-state index in [9.17, 15) is 9.59 Å². The van der Waals surface area contributed by atoms with Crippen LogP contribution in [0.4, 0.5) is 0 Å². The Bertz CT molecular complexity index is 350. The molecule has 0 spiro atoms. The highest BCUT2D eigenvalue weighted by Gasteiger charge is 2.36. The Morgan fingerprint density at radius 3 is 2.53 bits per heavy atom. The van der Waals surface area contributed by atoms with Crippen molar-refractivity contribution in [3.05, 3.63) is 35.9 Å². The summed E-state index contributed by atoms with van der Waals surface area (Å²) in [6.07, 6.45) is 0.521. The van der Waals surface area contributed by atoms with Crippen molar-refractivity contribution in [1.29, 1.82) is 0 Å².